The van der Waals surface area contributed by atoms with Gasteiger partial charge in [0.25, 0.3) is 0 Å². The largest absolute Gasteiger partial charge is 0.355 e. The minimum atomic E-state index is 0.366. The van der Waals surface area contributed by atoms with Gasteiger partial charge in [-0.05, 0) is 12.8 Å². The van der Waals surface area contributed by atoms with Gasteiger partial charge in [-0.3, -0.25) is 0 Å². The Morgan fingerprint density at radius 1 is 0.647 bits per heavy atom. The first-order chi connectivity index (χ1) is 8.41. The van der Waals surface area contributed by atoms with E-state index in [1.807, 2.05) is 0 Å². The second kappa shape index (κ2) is 15.8. The summed E-state index contributed by atoms with van der Waals surface area (Å²) in [5.41, 5.74) is 0. The fraction of sp³-hybridized carbons (Fsp3) is 1.00. The molecule has 5 nitrogen and oxygen atoms in total. The Bertz CT molecular complexity index is 122. The van der Waals surface area contributed by atoms with Crippen LogP contribution in [0.2, 0.25) is 0 Å². The summed E-state index contributed by atoms with van der Waals surface area (Å²) in [6.45, 7) is 8.97. The van der Waals surface area contributed by atoms with Gasteiger partial charge in [0.2, 0.25) is 0 Å². The second-order valence-electron chi connectivity index (χ2n) is 3.54. The Labute approximate surface area is 105 Å². The van der Waals surface area contributed by atoms with Crippen molar-refractivity contribution in [3.05, 3.63) is 0 Å². The summed E-state index contributed by atoms with van der Waals surface area (Å²) in [6.07, 6.45) is 2.04. The Hall–Kier alpha value is -0.200. The lowest BCUT2D eigenvalue weighted by Gasteiger charge is -2.06. The van der Waals surface area contributed by atoms with E-state index in [0.717, 1.165) is 26.1 Å². The fourth-order valence-corrected chi connectivity index (χ4v) is 1.01. The summed E-state index contributed by atoms with van der Waals surface area (Å²) in [6, 6.07) is 0. The molecule has 0 unspecified atom stereocenters. The number of hydrogen-bond acceptors (Lipinski definition) is 4. The molecular formula is C12H26NO4. The van der Waals surface area contributed by atoms with E-state index in [2.05, 4.69) is 19.2 Å². The third-order valence-corrected chi connectivity index (χ3v) is 1.82. The highest BCUT2D eigenvalue weighted by molar-refractivity contribution is 4.42. The molecule has 103 valence electrons. The van der Waals surface area contributed by atoms with E-state index in [-0.39, 0.29) is 0 Å². The smallest absolute Gasteiger partial charge is 0.146 e. The van der Waals surface area contributed by atoms with Crippen molar-refractivity contribution in [3.8, 4) is 0 Å². The third kappa shape index (κ3) is 15.8. The molecule has 0 aliphatic heterocycles. The lowest BCUT2D eigenvalue weighted by atomic mass is 10.5. The van der Waals surface area contributed by atoms with Crippen molar-refractivity contribution < 1.29 is 18.9 Å². The molecule has 0 atom stereocenters. The molecular weight excluding hydrogens is 222 g/mol. The predicted molar refractivity (Wildman–Crippen MR) is 66.0 cm³/mol. The van der Waals surface area contributed by atoms with E-state index in [1.165, 1.54) is 0 Å². The van der Waals surface area contributed by atoms with E-state index in [1.54, 1.807) is 0 Å². The van der Waals surface area contributed by atoms with Crippen LogP contribution in [-0.4, -0.2) is 53.1 Å². The van der Waals surface area contributed by atoms with Crippen LogP contribution >= 0.6 is 0 Å². The summed E-state index contributed by atoms with van der Waals surface area (Å²) in [4.78, 5) is 0. The van der Waals surface area contributed by atoms with Gasteiger partial charge in [-0.25, -0.2) is 5.32 Å². The first-order valence-electron chi connectivity index (χ1n) is 6.36. The maximum Gasteiger partial charge on any atom is 0.146 e. The standard InChI is InChI=1S/C12H26NO4/c1-3-7-14-11-16-9-5-13-6-10-17-12-15-8-4-2/h3-12H2,1-2H3. The van der Waals surface area contributed by atoms with Crippen LogP contribution in [0.25, 0.3) is 0 Å². The molecule has 5 heteroatoms. The molecule has 0 aliphatic carbocycles. The molecule has 1 radical (unpaired) electrons. The highest BCUT2D eigenvalue weighted by atomic mass is 16.7. The van der Waals surface area contributed by atoms with Crippen molar-refractivity contribution in [1.82, 2.24) is 5.32 Å². The van der Waals surface area contributed by atoms with Gasteiger partial charge in [-0.1, -0.05) is 13.8 Å². The van der Waals surface area contributed by atoms with Gasteiger partial charge < -0.3 is 18.9 Å². The molecule has 0 amide bonds. The summed E-state index contributed by atoms with van der Waals surface area (Å²) < 4.78 is 20.7. The van der Waals surface area contributed by atoms with Crippen LogP contribution in [-0.2, 0) is 18.9 Å². The molecule has 0 rings (SSSR count). The monoisotopic (exact) mass is 248 g/mol. The van der Waals surface area contributed by atoms with Gasteiger partial charge >= 0.3 is 0 Å². The quantitative estimate of drug-likeness (QED) is 0.344. The van der Waals surface area contributed by atoms with Crippen molar-refractivity contribution >= 4 is 0 Å². The summed E-state index contributed by atoms with van der Waals surface area (Å²) in [5.74, 6) is 0. The zero-order chi connectivity index (χ0) is 12.6. The fourth-order valence-electron chi connectivity index (χ4n) is 1.01. The SMILES string of the molecule is CCCOCOCC[N]CCOCOCCC. The van der Waals surface area contributed by atoms with E-state index >= 15 is 0 Å². The van der Waals surface area contributed by atoms with Gasteiger partial charge in [0.1, 0.15) is 13.6 Å². The molecule has 0 fully saturated rings. The van der Waals surface area contributed by atoms with Crippen LogP contribution in [0, 0.1) is 0 Å². The van der Waals surface area contributed by atoms with E-state index in [9.17, 15) is 0 Å². The highest BCUT2D eigenvalue weighted by Crippen LogP contribution is 1.83. The average molecular weight is 248 g/mol. The maximum atomic E-state index is 5.21. The van der Waals surface area contributed by atoms with Crippen LogP contribution < -0.4 is 5.32 Å². The van der Waals surface area contributed by atoms with Crippen LogP contribution in [0.1, 0.15) is 26.7 Å². The maximum absolute atomic E-state index is 5.21. The first-order valence-corrected chi connectivity index (χ1v) is 6.36. The molecule has 0 saturated heterocycles. The van der Waals surface area contributed by atoms with Crippen LogP contribution in [0.5, 0.6) is 0 Å². The minimum Gasteiger partial charge on any atom is -0.355 e. The molecule has 17 heavy (non-hydrogen) atoms. The van der Waals surface area contributed by atoms with Crippen molar-refractivity contribution in [3.63, 3.8) is 0 Å². The molecule has 0 N–H and O–H groups in total. The van der Waals surface area contributed by atoms with Crippen LogP contribution in [0.15, 0.2) is 0 Å². The molecule has 0 heterocycles. The average Bonchev–Trinajstić information content (AvgIpc) is 2.35. The molecule has 0 aromatic carbocycles. The number of rotatable bonds is 14. The molecule has 0 bridgehead atoms. The Morgan fingerprint density at radius 3 is 1.47 bits per heavy atom. The lowest BCUT2D eigenvalue weighted by Crippen LogP contribution is -2.18. The number of hydrogen-bond donors (Lipinski definition) is 0. The van der Waals surface area contributed by atoms with Crippen LogP contribution in [0.3, 0.4) is 0 Å². The summed E-state index contributed by atoms with van der Waals surface area (Å²) in [7, 11) is 0. The van der Waals surface area contributed by atoms with Crippen LogP contribution in [0.4, 0.5) is 0 Å². The van der Waals surface area contributed by atoms with E-state index in [0.29, 0.717) is 39.9 Å². The molecule has 0 aromatic rings. The summed E-state index contributed by atoms with van der Waals surface area (Å²) in [5, 5.41) is 4.25. The molecule has 0 aromatic heterocycles. The zero-order valence-corrected chi connectivity index (χ0v) is 11.2. The van der Waals surface area contributed by atoms with E-state index < -0.39 is 0 Å². The predicted octanol–water partition coefficient (Wildman–Crippen LogP) is 1.39. The van der Waals surface area contributed by atoms with Crippen molar-refractivity contribution in [2.24, 2.45) is 0 Å². The third-order valence-electron chi connectivity index (χ3n) is 1.82. The van der Waals surface area contributed by atoms with Gasteiger partial charge in [0.05, 0.1) is 13.2 Å². The van der Waals surface area contributed by atoms with E-state index in [4.69, 9.17) is 18.9 Å². The Balaban J connectivity index is 2.85. The zero-order valence-electron chi connectivity index (χ0n) is 11.2. The Kier molecular flexibility index (Phi) is 15.6. The van der Waals surface area contributed by atoms with Crippen molar-refractivity contribution in [2.75, 3.05) is 53.1 Å². The summed E-state index contributed by atoms with van der Waals surface area (Å²) >= 11 is 0. The second-order valence-corrected chi connectivity index (χ2v) is 3.54. The van der Waals surface area contributed by atoms with Gasteiger partial charge in [0.15, 0.2) is 0 Å². The topological polar surface area (TPSA) is 51.0 Å². The molecule has 0 spiro atoms. The number of nitrogens with zero attached hydrogens (tertiary/aromatic N) is 1. The van der Waals surface area contributed by atoms with Gasteiger partial charge in [-0.2, -0.15) is 0 Å². The Morgan fingerprint density at radius 2 is 1.06 bits per heavy atom. The minimum absolute atomic E-state index is 0.366. The molecule has 0 aliphatic rings. The molecule has 0 saturated carbocycles. The first kappa shape index (κ1) is 16.8. The van der Waals surface area contributed by atoms with Gasteiger partial charge in [0, 0.05) is 26.3 Å². The van der Waals surface area contributed by atoms with Crippen molar-refractivity contribution in [1.29, 1.82) is 0 Å². The van der Waals surface area contributed by atoms with Crippen molar-refractivity contribution in [2.45, 2.75) is 26.7 Å². The normalized spacial score (nSPS) is 10.9. The lowest BCUT2D eigenvalue weighted by molar-refractivity contribution is -0.0571. The highest BCUT2D eigenvalue weighted by Gasteiger charge is 1.92. The number of ether oxygens (including phenoxy) is 4. The van der Waals surface area contributed by atoms with Gasteiger partial charge in [-0.15, -0.1) is 0 Å².